The SMILES string of the molecule is COc1ccc2c(c1)C=C(C(=O)Nc1ncc(Cc3ccc(C)cc3)s1)C=CO2. The number of aryl methyl sites for hydroxylation is 1. The van der Waals surface area contributed by atoms with Gasteiger partial charge in [0, 0.05) is 28.6 Å². The fourth-order valence-corrected chi connectivity index (χ4v) is 3.78. The molecule has 0 atom stereocenters. The zero-order chi connectivity index (χ0) is 20.2. The van der Waals surface area contributed by atoms with Crippen molar-refractivity contribution in [3.8, 4) is 11.5 Å². The number of nitrogens with zero attached hydrogens (tertiary/aromatic N) is 1. The van der Waals surface area contributed by atoms with Crippen molar-refractivity contribution < 1.29 is 14.3 Å². The van der Waals surface area contributed by atoms with E-state index in [1.54, 1.807) is 25.5 Å². The predicted molar refractivity (Wildman–Crippen MR) is 115 cm³/mol. The van der Waals surface area contributed by atoms with E-state index in [0.717, 1.165) is 16.9 Å². The highest BCUT2D eigenvalue weighted by Gasteiger charge is 2.14. The molecule has 0 aliphatic carbocycles. The second kappa shape index (κ2) is 8.32. The van der Waals surface area contributed by atoms with Gasteiger partial charge in [0.1, 0.15) is 11.5 Å². The first-order chi connectivity index (χ1) is 14.1. The Labute approximate surface area is 173 Å². The van der Waals surface area contributed by atoms with Gasteiger partial charge >= 0.3 is 0 Å². The van der Waals surface area contributed by atoms with Crippen molar-refractivity contribution in [1.29, 1.82) is 0 Å². The van der Waals surface area contributed by atoms with Crippen molar-refractivity contribution in [1.82, 2.24) is 4.98 Å². The summed E-state index contributed by atoms with van der Waals surface area (Å²) in [5.41, 5.74) is 3.71. The van der Waals surface area contributed by atoms with Crippen LogP contribution in [0.2, 0.25) is 0 Å². The van der Waals surface area contributed by atoms with Crippen LogP contribution in [0.1, 0.15) is 21.6 Å². The molecule has 29 heavy (non-hydrogen) atoms. The van der Waals surface area contributed by atoms with Crippen LogP contribution >= 0.6 is 11.3 Å². The van der Waals surface area contributed by atoms with Crippen LogP contribution in [0.25, 0.3) is 6.08 Å². The molecule has 146 valence electrons. The van der Waals surface area contributed by atoms with E-state index in [2.05, 4.69) is 41.5 Å². The number of methoxy groups -OCH3 is 1. The van der Waals surface area contributed by atoms with Crippen LogP contribution in [-0.4, -0.2) is 18.0 Å². The minimum Gasteiger partial charge on any atom is -0.497 e. The third-order valence-electron chi connectivity index (χ3n) is 4.51. The average Bonchev–Trinajstić information content (AvgIpc) is 3.04. The van der Waals surface area contributed by atoms with Crippen molar-refractivity contribution in [2.75, 3.05) is 12.4 Å². The van der Waals surface area contributed by atoms with Gasteiger partial charge in [0.2, 0.25) is 0 Å². The highest BCUT2D eigenvalue weighted by Crippen LogP contribution is 2.29. The van der Waals surface area contributed by atoms with Gasteiger partial charge < -0.3 is 9.47 Å². The summed E-state index contributed by atoms with van der Waals surface area (Å²) in [4.78, 5) is 18.2. The highest BCUT2D eigenvalue weighted by molar-refractivity contribution is 7.15. The van der Waals surface area contributed by atoms with E-state index >= 15 is 0 Å². The minimum absolute atomic E-state index is 0.239. The number of hydrogen-bond donors (Lipinski definition) is 1. The Morgan fingerprint density at radius 2 is 2.03 bits per heavy atom. The monoisotopic (exact) mass is 404 g/mol. The number of thiazole rings is 1. The molecular formula is C23H20N2O3S. The summed E-state index contributed by atoms with van der Waals surface area (Å²) >= 11 is 1.48. The Morgan fingerprint density at radius 3 is 2.83 bits per heavy atom. The Morgan fingerprint density at radius 1 is 1.21 bits per heavy atom. The van der Waals surface area contributed by atoms with E-state index in [0.29, 0.717) is 22.2 Å². The second-order valence-corrected chi connectivity index (χ2v) is 7.79. The normalized spacial score (nSPS) is 12.4. The first-order valence-corrected chi connectivity index (χ1v) is 9.97. The lowest BCUT2D eigenvalue weighted by atomic mass is 10.1. The molecule has 3 aromatic rings. The minimum atomic E-state index is -0.239. The molecule has 1 aliphatic heterocycles. The van der Waals surface area contributed by atoms with Crippen LogP contribution in [0.5, 0.6) is 11.5 Å². The molecule has 1 N–H and O–H groups in total. The van der Waals surface area contributed by atoms with Crippen LogP contribution in [0, 0.1) is 6.92 Å². The quantitative estimate of drug-likeness (QED) is 0.652. The van der Waals surface area contributed by atoms with Crippen molar-refractivity contribution in [2.45, 2.75) is 13.3 Å². The molecule has 2 aromatic carbocycles. The Balaban J connectivity index is 1.48. The van der Waals surface area contributed by atoms with Crippen LogP contribution in [0.3, 0.4) is 0 Å². The molecule has 0 radical (unpaired) electrons. The summed E-state index contributed by atoms with van der Waals surface area (Å²) in [7, 11) is 1.60. The summed E-state index contributed by atoms with van der Waals surface area (Å²) in [6.07, 6.45) is 7.52. The molecule has 0 bridgehead atoms. The van der Waals surface area contributed by atoms with E-state index in [-0.39, 0.29) is 5.91 Å². The van der Waals surface area contributed by atoms with Gasteiger partial charge in [-0.1, -0.05) is 29.8 Å². The topological polar surface area (TPSA) is 60.5 Å². The van der Waals surface area contributed by atoms with Crippen molar-refractivity contribution in [3.05, 3.63) is 88.1 Å². The molecule has 0 fully saturated rings. The highest BCUT2D eigenvalue weighted by atomic mass is 32.1. The summed E-state index contributed by atoms with van der Waals surface area (Å²) in [5, 5.41) is 3.45. The number of carbonyl (C=O) groups excluding carboxylic acids is 1. The first kappa shape index (κ1) is 19.0. The van der Waals surface area contributed by atoms with E-state index in [4.69, 9.17) is 9.47 Å². The number of amides is 1. The fourth-order valence-electron chi connectivity index (χ4n) is 2.93. The number of fused-ring (bicyclic) bond motifs is 1. The van der Waals surface area contributed by atoms with Gasteiger partial charge in [-0.05, 0) is 42.8 Å². The smallest absolute Gasteiger partial charge is 0.257 e. The summed E-state index contributed by atoms with van der Waals surface area (Å²) in [6.45, 7) is 2.07. The van der Waals surface area contributed by atoms with E-state index in [9.17, 15) is 4.79 Å². The second-order valence-electron chi connectivity index (χ2n) is 6.67. The van der Waals surface area contributed by atoms with Gasteiger partial charge in [-0.25, -0.2) is 4.98 Å². The third kappa shape index (κ3) is 4.55. The molecule has 1 aliphatic rings. The van der Waals surface area contributed by atoms with Crippen molar-refractivity contribution in [3.63, 3.8) is 0 Å². The zero-order valence-electron chi connectivity index (χ0n) is 16.1. The summed E-state index contributed by atoms with van der Waals surface area (Å²) in [5.74, 6) is 1.13. The van der Waals surface area contributed by atoms with Crippen LogP contribution in [0.15, 0.2) is 66.6 Å². The number of benzene rings is 2. The van der Waals surface area contributed by atoms with Crippen LogP contribution < -0.4 is 14.8 Å². The number of aromatic nitrogens is 1. The van der Waals surface area contributed by atoms with Gasteiger partial charge in [0.15, 0.2) is 5.13 Å². The molecule has 0 saturated carbocycles. The molecule has 0 unspecified atom stereocenters. The number of nitrogens with one attached hydrogen (secondary N) is 1. The summed E-state index contributed by atoms with van der Waals surface area (Å²) in [6, 6.07) is 13.9. The maximum absolute atomic E-state index is 12.7. The Bertz CT molecular complexity index is 1100. The van der Waals surface area contributed by atoms with E-state index < -0.39 is 0 Å². The van der Waals surface area contributed by atoms with E-state index in [1.165, 1.54) is 28.7 Å². The fraction of sp³-hybridized carbons (Fsp3) is 0.130. The van der Waals surface area contributed by atoms with E-state index in [1.807, 2.05) is 18.2 Å². The molecule has 1 aromatic heterocycles. The molecule has 0 saturated heterocycles. The molecule has 1 amide bonds. The molecular weight excluding hydrogens is 384 g/mol. The zero-order valence-corrected chi connectivity index (χ0v) is 17.0. The molecule has 2 heterocycles. The summed E-state index contributed by atoms with van der Waals surface area (Å²) < 4.78 is 10.8. The largest absolute Gasteiger partial charge is 0.497 e. The molecule has 0 spiro atoms. The third-order valence-corrected chi connectivity index (χ3v) is 5.42. The van der Waals surface area contributed by atoms with Gasteiger partial charge in [-0.2, -0.15) is 0 Å². The van der Waals surface area contributed by atoms with Gasteiger partial charge in [-0.15, -0.1) is 11.3 Å². The standard InChI is InChI=1S/C23H20N2O3S/c1-15-3-5-16(6-4-15)11-20-14-24-23(29-20)25-22(26)17-9-10-28-21-8-7-19(27-2)13-18(21)12-17/h3-10,12-14H,11H2,1-2H3,(H,24,25,26). The maximum atomic E-state index is 12.7. The van der Waals surface area contributed by atoms with Crippen molar-refractivity contribution in [2.24, 2.45) is 0 Å². The molecule has 4 rings (SSSR count). The predicted octanol–water partition coefficient (Wildman–Crippen LogP) is 4.98. The average molecular weight is 404 g/mol. The van der Waals surface area contributed by atoms with Crippen LogP contribution in [0.4, 0.5) is 5.13 Å². The first-order valence-electron chi connectivity index (χ1n) is 9.15. The lowest BCUT2D eigenvalue weighted by molar-refractivity contribution is -0.112. The van der Waals surface area contributed by atoms with Gasteiger partial charge in [-0.3, -0.25) is 10.1 Å². The number of carbonyl (C=O) groups is 1. The Hall–Kier alpha value is -3.38. The Kier molecular flexibility index (Phi) is 5.44. The lowest BCUT2D eigenvalue weighted by Crippen LogP contribution is -2.12. The maximum Gasteiger partial charge on any atom is 0.257 e. The molecule has 6 heteroatoms. The van der Waals surface area contributed by atoms with Gasteiger partial charge in [0.25, 0.3) is 5.91 Å². The van der Waals surface area contributed by atoms with Crippen LogP contribution in [-0.2, 0) is 11.2 Å². The van der Waals surface area contributed by atoms with Crippen molar-refractivity contribution >= 4 is 28.5 Å². The van der Waals surface area contributed by atoms with Gasteiger partial charge in [0.05, 0.1) is 13.4 Å². The number of anilines is 1. The number of hydrogen-bond acceptors (Lipinski definition) is 5. The number of rotatable bonds is 5. The molecule has 5 nitrogen and oxygen atoms in total. The number of ether oxygens (including phenoxy) is 2. The lowest BCUT2D eigenvalue weighted by Gasteiger charge is -2.06.